The lowest BCUT2D eigenvalue weighted by Crippen LogP contribution is -1.76. The van der Waals surface area contributed by atoms with Gasteiger partial charge < -0.3 is 0 Å². The van der Waals surface area contributed by atoms with Crippen LogP contribution in [0.1, 0.15) is 41.0 Å². The predicted molar refractivity (Wildman–Crippen MR) is 57.2 cm³/mol. The van der Waals surface area contributed by atoms with Crippen molar-refractivity contribution in [3.8, 4) is 0 Å². The van der Waals surface area contributed by atoms with Crippen LogP contribution in [0.4, 0.5) is 0 Å². The van der Waals surface area contributed by atoms with Crippen molar-refractivity contribution in [2.24, 2.45) is 0 Å². The molecule has 0 N–H and O–H groups in total. The minimum Gasteiger partial charge on any atom is -0.0693 e. The van der Waals surface area contributed by atoms with Crippen LogP contribution in [0.5, 0.6) is 0 Å². The second-order valence-electron chi connectivity index (χ2n) is 3.09. The van der Waals surface area contributed by atoms with Crippen LogP contribution >= 0.6 is 0 Å². The lowest BCUT2D eigenvalue weighted by molar-refractivity contribution is 1.11. The summed E-state index contributed by atoms with van der Waals surface area (Å²) in [4.78, 5) is 0. The first-order valence-electron chi connectivity index (χ1n) is 4.70. The van der Waals surface area contributed by atoms with Gasteiger partial charge >= 0.3 is 0 Å². The molecule has 0 spiro atoms. The van der Waals surface area contributed by atoms with Gasteiger partial charge in [0.05, 0.1) is 0 Å². The molecule has 0 radical (unpaired) electrons. The van der Waals surface area contributed by atoms with Crippen LogP contribution in [0.3, 0.4) is 0 Å². The van der Waals surface area contributed by atoms with Crippen LogP contribution in [0.2, 0.25) is 0 Å². The zero-order valence-corrected chi connectivity index (χ0v) is 8.94. The van der Waals surface area contributed by atoms with Crippen molar-refractivity contribution in [1.29, 1.82) is 0 Å². The molecular formula is C12H20. The van der Waals surface area contributed by atoms with Gasteiger partial charge in [0, 0.05) is 0 Å². The largest absolute Gasteiger partial charge is 0.0693 e. The summed E-state index contributed by atoms with van der Waals surface area (Å²) < 4.78 is 0. The van der Waals surface area contributed by atoms with E-state index in [2.05, 4.69) is 39.0 Å². The average molecular weight is 164 g/mol. The molecule has 12 heavy (non-hydrogen) atoms. The molecule has 1 aliphatic carbocycles. The first-order valence-corrected chi connectivity index (χ1v) is 4.70. The second-order valence-corrected chi connectivity index (χ2v) is 3.09. The highest BCUT2D eigenvalue weighted by Gasteiger charge is 1.95. The Morgan fingerprint density at radius 2 is 1.50 bits per heavy atom. The third kappa shape index (κ3) is 4.17. The maximum atomic E-state index is 2.24. The average Bonchev–Trinajstić information content (AvgIpc) is 2.16. The smallest absolute Gasteiger partial charge is 0.0108 e. The summed E-state index contributed by atoms with van der Waals surface area (Å²) in [6.45, 7) is 10.5. The number of allylic oxidation sites excluding steroid dienone is 6. The summed E-state index contributed by atoms with van der Waals surface area (Å²) in [6, 6.07) is 0. The van der Waals surface area contributed by atoms with Gasteiger partial charge in [-0.05, 0) is 27.2 Å². The van der Waals surface area contributed by atoms with E-state index in [0.717, 1.165) is 6.42 Å². The number of hydrogen-bond donors (Lipinski definition) is 0. The van der Waals surface area contributed by atoms with E-state index in [-0.39, 0.29) is 0 Å². The molecule has 0 aromatic heterocycles. The Bertz CT molecular complexity index is 214. The Morgan fingerprint density at radius 3 is 2.08 bits per heavy atom. The van der Waals surface area contributed by atoms with Crippen LogP contribution in [0, 0.1) is 0 Å². The van der Waals surface area contributed by atoms with E-state index in [4.69, 9.17) is 0 Å². The van der Waals surface area contributed by atoms with E-state index < -0.39 is 0 Å². The maximum Gasteiger partial charge on any atom is -0.0108 e. The standard InChI is InChI=1S/C10H14.C2H6/c1-8-4-5-9(2)7-10(3)6-8;1-2/h4-6H,7H2,1-3H3;1-2H3. The molecule has 0 aromatic carbocycles. The molecule has 1 rings (SSSR count). The fourth-order valence-electron chi connectivity index (χ4n) is 1.26. The second kappa shape index (κ2) is 5.82. The monoisotopic (exact) mass is 164 g/mol. The summed E-state index contributed by atoms with van der Waals surface area (Å²) >= 11 is 0. The Labute approximate surface area is 76.7 Å². The summed E-state index contributed by atoms with van der Waals surface area (Å²) in [5.41, 5.74) is 4.26. The van der Waals surface area contributed by atoms with Crippen molar-refractivity contribution in [2.75, 3.05) is 0 Å². The minimum absolute atomic E-state index is 1.13. The van der Waals surface area contributed by atoms with E-state index in [0.29, 0.717) is 0 Å². The lowest BCUT2D eigenvalue weighted by Gasteiger charge is -1.96. The molecular weight excluding hydrogens is 144 g/mol. The summed E-state index contributed by atoms with van der Waals surface area (Å²) in [5, 5.41) is 0. The number of hydrogen-bond acceptors (Lipinski definition) is 0. The van der Waals surface area contributed by atoms with Crippen molar-refractivity contribution in [3.05, 3.63) is 34.9 Å². The zero-order chi connectivity index (χ0) is 9.56. The third-order valence-corrected chi connectivity index (χ3v) is 1.66. The first-order chi connectivity index (χ1) is 5.68. The van der Waals surface area contributed by atoms with E-state index >= 15 is 0 Å². The van der Waals surface area contributed by atoms with Crippen molar-refractivity contribution in [2.45, 2.75) is 41.0 Å². The van der Waals surface area contributed by atoms with Crippen molar-refractivity contribution < 1.29 is 0 Å². The van der Waals surface area contributed by atoms with Gasteiger partial charge in [0.1, 0.15) is 0 Å². The van der Waals surface area contributed by atoms with Gasteiger partial charge in [-0.25, -0.2) is 0 Å². The van der Waals surface area contributed by atoms with Crippen LogP contribution in [0.15, 0.2) is 34.9 Å². The maximum absolute atomic E-state index is 2.24. The number of rotatable bonds is 0. The normalized spacial score (nSPS) is 16.2. The Hall–Kier alpha value is -0.780. The molecule has 0 fully saturated rings. The van der Waals surface area contributed by atoms with Crippen molar-refractivity contribution in [3.63, 3.8) is 0 Å². The summed E-state index contributed by atoms with van der Waals surface area (Å²) in [6.07, 6.45) is 7.75. The molecule has 0 atom stereocenters. The Kier molecular flexibility index (Phi) is 5.44. The molecule has 1 aliphatic rings. The highest BCUT2D eigenvalue weighted by molar-refractivity contribution is 5.32. The molecule has 0 saturated carbocycles. The molecule has 0 heterocycles. The van der Waals surface area contributed by atoms with E-state index in [1.165, 1.54) is 16.7 Å². The van der Waals surface area contributed by atoms with Crippen LogP contribution in [0.25, 0.3) is 0 Å². The molecule has 0 heteroatoms. The summed E-state index contributed by atoms with van der Waals surface area (Å²) in [7, 11) is 0. The molecule has 0 saturated heterocycles. The zero-order valence-electron chi connectivity index (χ0n) is 8.94. The molecule has 0 amide bonds. The van der Waals surface area contributed by atoms with E-state index in [9.17, 15) is 0 Å². The Balaban J connectivity index is 0.000000561. The van der Waals surface area contributed by atoms with Crippen molar-refractivity contribution in [1.82, 2.24) is 0 Å². The van der Waals surface area contributed by atoms with Gasteiger partial charge in [-0.1, -0.05) is 48.8 Å². The van der Waals surface area contributed by atoms with Gasteiger partial charge in [0.25, 0.3) is 0 Å². The molecule has 68 valence electrons. The van der Waals surface area contributed by atoms with Gasteiger partial charge in [0.15, 0.2) is 0 Å². The summed E-state index contributed by atoms with van der Waals surface area (Å²) in [5.74, 6) is 0. The molecule has 0 bridgehead atoms. The topological polar surface area (TPSA) is 0 Å². The van der Waals surface area contributed by atoms with Crippen LogP contribution < -0.4 is 0 Å². The fourth-order valence-corrected chi connectivity index (χ4v) is 1.26. The first kappa shape index (κ1) is 11.2. The SMILES string of the molecule is CC.CC1=CC=C(C)CC(C)=C1. The Morgan fingerprint density at radius 1 is 0.917 bits per heavy atom. The predicted octanol–water partition coefficient (Wildman–Crippen LogP) is 4.26. The lowest BCUT2D eigenvalue weighted by atomic mass is 10.1. The van der Waals surface area contributed by atoms with Crippen LogP contribution in [-0.4, -0.2) is 0 Å². The fraction of sp³-hybridized carbons (Fsp3) is 0.500. The van der Waals surface area contributed by atoms with Gasteiger partial charge in [-0.2, -0.15) is 0 Å². The highest BCUT2D eigenvalue weighted by Crippen LogP contribution is 2.16. The van der Waals surface area contributed by atoms with Gasteiger partial charge in [0.2, 0.25) is 0 Å². The van der Waals surface area contributed by atoms with E-state index in [1.807, 2.05) is 13.8 Å². The quantitative estimate of drug-likeness (QED) is 0.502. The molecule has 0 nitrogen and oxygen atoms in total. The molecule has 0 aliphatic heterocycles. The highest BCUT2D eigenvalue weighted by atomic mass is 14.0. The molecule has 0 aromatic rings. The van der Waals surface area contributed by atoms with Crippen molar-refractivity contribution >= 4 is 0 Å². The van der Waals surface area contributed by atoms with Crippen LogP contribution in [-0.2, 0) is 0 Å². The van der Waals surface area contributed by atoms with E-state index in [1.54, 1.807) is 0 Å². The third-order valence-electron chi connectivity index (χ3n) is 1.66. The van der Waals surface area contributed by atoms with Gasteiger partial charge in [-0.3, -0.25) is 0 Å². The minimum atomic E-state index is 1.13. The van der Waals surface area contributed by atoms with Gasteiger partial charge in [-0.15, -0.1) is 0 Å². The molecule has 0 unspecified atom stereocenters.